The summed E-state index contributed by atoms with van der Waals surface area (Å²) in [6, 6.07) is 18.2. The van der Waals surface area contributed by atoms with Gasteiger partial charge in [0.1, 0.15) is 6.10 Å². The summed E-state index contributed by atoms with van der Waals surface area (Å²) in [4.78, 5) is 12.1. The van der Waals surface area contributed by atoms with Crippen LogP contribution in [0.4, 0.5) is 0 Å². The number of hydrogen-bond acceptors (Lipinski definition) is 3. The van der Waals surface area contributed by atoms with Gasteiger partial charge in [-0.05, 0) is 42.4 Å². The summed E-state index contributed by atoms with van der Waals surface area (Å²) in [5, 5.41) is 2.95. The summed E-state index contributed by atoms with van der Waals surface area (Å²) in [6.45, 7) is 4.16. The van der Waals surface area contributed by atoms with Crippen molar-refractivity contribution >= 4 is 5.91 Å². The van der Waals surface area contributed by atoms with E-state index >= 15 is 0 Å². The molecule has 0 heterocycles. The lowest BCUT2D eigenvalue weighted by Gasteiger charge is -2.13. The smallest absolute Gasteiger partial charge is 0.249 e. The molecule has 3 rings (SSSR count). The second kappa shape index (κ2) is 9.51. The van der Waals surface area contributed by atoms with Crippen molar-refractivity contribution < 1.29 is 14.3 Å². The molecule has 0 spiro atoms. The van der Waals surface area contributed by atoms with Crippen LogP contribution in [0.25, 0.3) is 0 Å². The maximum Gasteiger partial charge on any atom is 0.249 e. The van der Waals surface area contributed by atoms with E-state index in [2.05, 4.69) is 23.5 Å². The Bertz CT molecular complexity index is 698. The Morgan fingerprint density at radius 2 is 1.73 bits per heavy atom. The third-order valence-corrected chi connectivity index (χ3v) is 4.49. The highest BCUT2D eigenvalue weighted by molar-refractivity contribution is 5.80. The van der Waals surface area contributed by atoms with Gasteiger partial charge in [-0.3, -0.25) is 4.79 Å². The minimum absolute atomic E-state index is 0.0589. The highest BCUT2D eigenvalue weighted by Gasteiger charge is 2.23. The fourth-order valence-corrected chi connectivity index (χ4v) is 2.66. The van der Waals surface area contributed by atoms with Crippen LogP contribution in [-0.2, 0) is 34.0 Å². The Kier molecular flexibility index (Phi) is 6.81. The number of hydrogen-bond donors (Lipinski definition) is 1. The molecule has 1 saturated carbocycles. The van der Waals surface area contributed by atoms with Crippen LogP contribution >= 0.6 is 0 Å². The summed E-state index contributed by atoms with van der Waals surface area (Å²) in [5.74, 6) is 0.606. The van der Waals surface area contributed by atoms with Gasteiger partial charge in [0.05, 0.1) is 19.8 Å². The molecule has 1 amide bonds. The molecule has 0 saturated heterocycles. The van der Waals surface area contributed by atoms with Crippen molar-refractivity contribution in [3.05, 3.63) is 71.3 Å². The number of nitrogens with one attached hydrogen (secondary N) is 1. The number of amides is 1. The maximum absolute atomic E-state index is 12.1. The summed E-state index contributed by atoms with van der Waals surface area (Å²) in [6.07, 6.45) is 2.06. The zero-order valence-corrected chi connectivity index (χ0v) is 15.3. The van der Waals surface area contributed by atoms with Crippen molar-refractivity contribution in [3.8, 4) is 0 Å². The standard InChI is InChI=1S/C22H27NO3/c1-17(26-16-19-10-11-19)22(24)23-13-20-8-5-9-21(12-20)15-25-14-18-6-3-2-4-7-18/h2-9,12,17,19H,10-11,13-16H2,1H3,(H,23,24). The predicted octanol–water partition coefficient (Wildman–Crippen LogP) is 3.83. The number of carbonyl (C=O) groups is 1. The molecule has 1 fully saturated rings. The first kappa shape index (κ1) is 18.6. The average Bonchev–Trinajstić information content (AvgIpc) is 3.50. The lowest BCUT2D eigenvalue weighted by Crippen LogP contribution is -2.34. The summed E-state index contributed by atoms with van der Waals surface area (Å²) in [5.41, 5.74) is 3.33. The van der Waals surface area contributed by atoms with Crippen LogP contribution in [0.1, 0.15) is 36.5 Å². The van der Waals surface area contributed by atoms with Crippen molar-refractivity contribution in [1.29, 1.82) is 0 Å². The molecule has 1 unspecified atom stereocenters. The molecule has 0 aliphatic heterocycles. The lowest BCUT2D eigenvalue weighted by atomic mass is 10.1. The number of rotatable bonds is 10. The van der Waals surface area contributed by atoms with E-state index in [9.17, 15) is 4.79 Å². The molecule has 4 nitrogen and oxygen atoms in total. The van der Waals surface area contributed by atoms with E-state index in [1.54, 1.807) is 0 Å². The summed E-state index contributed by atoms with van der Waals surface area (Å²) >= 11 is 0. The van der Waals surface area contributed by atoms with Gasteiger partial charge in [-0.15, -0.1) is 0 Å². The van der Waals surface area contributed by atoms with Gasteiger partial charge in [0.25, 0.3) is 0 Å². The SMILES string of the molecule is CC(OCC1CC1)C(=O)NCc1cccc(COCc2ccccc2)c1. The molecule has 26 heavy (non-hydrogen) atoms. The van der Waals surface area contributed by atoms with Crippen LogP contribution < -0.4 is 5.32 Å². The van der Waals surface area contributed by atoms with Crippen LogP contribution in [0.3, 0.4) is 0 Å². The first-order chi connectivity index (χ1) is 12.7. The Morgan fingerprint density at radius 1 is 1.04 bits per heavy atom. The molecule has 0 aromatic heterocycles. The Labute approximate surface area is 155 Å². The van der Waals surface area contributed by atoms with Crippen LogP contribution in [0, 0.1) is 5.92 Å². The van der Waals surface area contributed by atoms with Crippen molar-refractivity contribution in [2.75, 3.05) is 6.61 Å². The van der Waals surface area contributed by atoms with E-state index in [0.717, 1.165) is 16.7 Å². The third kappa shape index (κ3) is 6.28. The minimum atomic E-state index is -0.395. The second-order valence-electron chi connectivity index (χ2n) is 6.94. The highest BCUT2D eigenvalue weighted by atomic mass is 16.5. The molecule has 138 valence electrons. The normalized spacial score (nSPS) is 14.8. The molecule has 1 aliphatic rings. The molecular weight excluding hydrogens is 326 g/mol. The second-order valence-corrected chi connectivity index (χ2v) is 6.94. The van der Waals surface area contributed by atoms with Gasteiger partial charge in [0.2, 0.25) is 5.91 Å². The Hall–Kier alpha value is -2.17. The van der Waals surface area contributed by atoms with Crippen molar-refractivity contribution in [2.24, 2.45) is 5.92 Å². The number of carbonyl (C=O) groups excluding carboxylic acids is 1. The van der Waals surface area contributed by atoms with E-state index in [1.165, 1.54) is 12.8 Å². The van der Waals surface area contributed by atoms with E-state index in [0.29, 0.717) is 32.3 Å². The summed E-state index contributed by atoms with van der Waals surface area (Å²) < 4.78 is 11.4. The van der Waals surface area contributed by atoms with Gasteiger partial charge in [0.15, 0.2) is 0 Å². The predicted molar refractivity (Wildman–Crippen MR) is 101 cm³/mol. The minimum Gasteiger partial charge on any atom is -0.372 e. The number of benzene rings is 2. The molecule has 2 aromatic rings. The van der Waals surface area contributed by atoms with Gasteiger partial charge in [-0.25, -0.2) is 0 Å². The van der Waals surface area contributed by atoms with Crippen molar-refractivity contribution in [3.63, 3.8) is 0 Å². The van der Waals surface area contributed by atoms with E-state index < -0.39 is 6.10 Å². The molecule has 1 atom stereocenters. The van der Waals surface area contributed by atoms with Gasteiger partial charge < -0.3 is 14.8 Å². The van der Waals surface area contributed by atoms with Gasteiger partial charge in [-0.1, -0.05) is 54.6 Å². The van der Waals surface area contributed by atoms with Crippen LogP contribution in [0.5, 0.6) is 0 Å². The van der Waals surface area contributed by atoms with Crippen LogP contribution in [0.2, 0.25) is 0 Å². The van der Waals surface area contributed by atoms with Crippen LogP contribution in [-0.4, -0.2) is 18.6 Å². The molecule has 1 N–H and O–H groups in total. The topological polar surface area (TPSA) is 47.6 Å². The monoisotopic (exact) mass is 353 g/mol. The van der Waals surface area contributed by atoms with Gasteiger partial charge in [-0.2, -0.15) is 0 Å². The summed E-state index contributed by atoms with van der Waals surface area (Å²) in [7, 11) is 0. The lowest BCUT2D eigenvalue weighted by molar-refractivity contribution is -0.132. The molecular formula is C22H27NO3. The highest BCUT2D eigenvalue weighted by Crippen LogP contribution is 2.29. The van der Waals surface area contributed by atoms with E-state index in [1.807, 2.05) is 43.3 Å². The molecule has 0 radical (unpaired) electrons. The van der Waals surface area contributed by atoms with Gasteiger partial charge >= 0.3 is 0 Å². The molecule has 1 aliphatic carbocycles. The average molecular weight is 353 g/mol. The fraction of sp³-hybridized carbons (Fsp3) is 0.409. The molecule has 4 heteroatoms. The molecule has 0 bridgehead atoms. The first-order valence-electron chi connectivity index (χ1n) is 9.29. The Balaban J connectivity index is 1.40. The fourth-order valence-electron chi connectivity index (χ4n) is 2.66. The quantitative estimate of drug-likeness (QED) is 0.706. The molecule has 2 aromatic carbocycles. The largest absolute Gasteiger partial charge is 0.372 e. The van der Waals surface area contributed by atoms with E-state index in [4.69, 9.17) is 9.47 Å². The first-order valence-corrected chi connectivity index (χ1v) is 9.29. The van der Waals surface area contributed by atoms with Crippen LogP contribution in [0.15, 0.2) is 54.6 Å². The zero-order chi connectivity index (χ0) is 18.2. The maximum atomic E-state index is 12.1. The van der Waals surface area contributed by atoms with Crippen molar-refractivity contribution in [2.45, 2.75) is 45.6 Å². The van der Waals surface area contributed by atoms with Crippen molar-refractivity contribution in [1.82, 2.24) is 5.32 Å². The zero-order valence-electron chi connectivity index (χ0n) is 15.3. The van der Waals surface area contributed by atoms with Gasteiger partial charge in [0, 0.05) is 6.54 Å². The number of ether oxygens (including phenoxy) is 2. The third-order valence-electron chi connectivity index (χ3n) is 4.49. The van der Waals surface area contributed by atoms with E-state index in [-0.39, 0.29) is 5.91 Å². The Morgan fingerprint density at radius 3 is 2.50 bits per heavy atom.